The number of oxazole rings is 1. The number of aromatic nitrogens is 1. The minimum atomic E-state index is -0.497. The van der Waals surface area contributed by atoms with Gasteiger partial charge < -0.3 is 14.8 Å². The first-order valence-corrected chi connectivity index (χ1v) is 9.72. The van der Waals surface area contributed by atoms with E-state index in [0.29, 0.717) is 17.5 Å². The summed E-state index contributed by atoms with van der Waals surface area (Å²) in [5.74, 6) is 0.0861. The number of aliphatic hydroxyl groups is 1. The number of aromatic amines is 1. The molecule has 3 N–H and O–H groups in total. The molecule has 2 aromatic carbocycles. The third-order valence-electron chi connectivity index (χ3n) is 5.76. The lowest BCUT2D eigenvalue weighted by Crippen LogP contribution is -2.41. The molecule has 1 saturated carbocycles. The van der Waals surface area contributed by atoms with Crippen LogP contribution in [0, 0.1) is 0 Å². The molecular weight excluding hydrogens is 340 g/mol. The Hall–Kier alpha value is -2.37. The average molecular weight is 366 g/mol. The Morgan fingerprint density at radius 3 is 2.59 bits per heavy atom. The normalized spacial score (nSPS) is 22.6. The summed E-state index contributed by atoms with van der Waals surface area (Å²) in [5, 5.41) is 14.2. The molecule has 0 saturated heterocycles. The van der Waals surface area contributed by atoms with Crippen molar-refractivity contribution in [3.05, 3.63) is 70.2 Å². The highest BCUT2D eigenvalue weighted by molar-refractivity contribution is 5.72. The summed E-state index contributed by atoms with van der Waals surface area (Å²) >= 11 is 0. The number of aliphatic hydroxyl groups excluding tert-OH is 1. The van der Waals surface area contributed by atoms with Crippen LogP contribution in [0.2, 0.25) is 0 Å². The monoisotopic (exact) mass is 366 g/mol. The number of hydrogen-bond acceptors (Lipinski definition) is 4. The molecule has 142 valence electrons. The van der Waals surface area contributed by atoms with Gasteiger partial charge in [-0.1, -0.05) is 36.4 Å². The summed E-state index contributed by atoms with van der Waals surface area (Å²) < 4.78 is 5.19. The Morgan fingerprint density at radius 1 is 1.11 bits per heavy atom. The third-order valence-corrected chi connectivity index (χ3v) is 5.76. The zero-order chi connectivity index (χ0) is 18.8. The predicted molar refractivity (Wildman–Crippen MR) is 106 cm³/mol. The minimum absolute atomic E-state index is 0.0134. The molecule has 3 aromatic rings. The standard InChI is InChI=1S/C22H26N2O3/c1-14(21(25)16-5-3-2-4-6-16)23-18-10-7-15(8-11-18)17-9-12-19-20(13-17)27-22(26)24-19/h2-6,9,12-15,18,21,23,25H,7-8,10-11H2,1H3,(H,24,26). The van der Waals surface area contributed by atoms with Crippen LogP contribution in [0.3, 0.4) is 0 Å². The summed E-state index contributed by atoms with van der Waals surface area (Å²) in [6.45, 7) is 2.05. The van der Waals surface area contributed by atoms with Crippen molar-refractivity contribution in [2.24, 2.45) is 0 Å². The molecule has 0 bridgehead atoms. The maximum Gasteiger partial charge on any atom is 0.417 e. The topological polar surface area (TPSA) is 78.3 Å². The maximum absolute atomic E-state index is 11.3. The second-order valence-electron chi connectivity index (χ2n) is 7.63. The zero-order valence-electron chi connectivity index (χ0n) is 15.5. The molecule has 27 heavy (non-hydrogen) atoms. The Bertz CT molecular complexity index is 939. The molecule has 0 radical (unpaired) electrons. The van der Waals surface area contributed by atoms with Gasteiger partial charge in [0.15, 0.2) is 5.58 Å². The molecule has 1 aromatic heterocycles. The molecule has 5 heteroatoms. The second-order valence-corrected chi connectivity index (χ2v) is 7.63. The molecule has 1 fully saturated rings. The van der Waals surface area contributed by atoms with Gasteiger partial charge in [0.1, 0.15) is 0 Å². The fourth-order valence-corrected chi connectivity index (χ4v) is 4.21. The molecule has 0 amide bonds. The molecule has 0 aliphatic heterocycles. The van der Waals surface area contributed by atoms with Crippen LogP contribution < -0.4 is 11.1 Å². The molecule has 2 atom stereocenters. The van der Waals surface area contributed by atoms with Crippen molar-refractivity contribution in [2.75, 3.05) is 0 Å². The highest BCUT2D eigenvalue weighted by atomic mass is 16.4. The first-order valence-electron chi connectivity index (χ1n) is 9.72. The molecule has 0 spiro atoms. The molecule has 1 heterocycles. The van der Waals surface area contributed by atoms with Crippen molar-refractivity contribution in [3.8, 4) is 0 Å². The van der Waals surface area contributed by atoms with Gasteiger partial charge in [0.2, 0.25) is 0 Å². The smallest absolute Gasteiger partial charge is 0.408 e. The molecule has 5 nitrogen and oxygen atoms in total. The van der Waals surface area contributed by atoms with E-state index < -0.39 is 11.9 Å². The van der Waals surface area contributed by atoms with Crippen LogP contribution in [0.25, 0.3) is 11.1 Å². The van der Waals surface area contributed by atoms with Crippen molar-refractivity contribution in [1.82, 2.24) is 10.3 Å². The number of nitrogens with one attached hydrogen (secondary N) is 2. The van der Waals surface area contributed by atoms with E-state index in [1.807, 2.05) is 49.4 Å². The average Bonchev–Trinajstić information content (AvgIpc) is 3.07. The SMILES string of the molecule is CC(NC1CCC(c2ccc3[nH]c(=O)oc3c2)CC1)C(O)c1ccccc1. The number of hydrogen-bond donors (Lipinski definition) is 3. The second kappa shape index (κ2) is 7.71. The predicted octanol–water partition coefficient (Wildman–Crippen LogP) is 3.86. The lowest BCUT2D eigenvalue weighted by atomic mass is 9.81. The van der Waals surface area contributed by atoms with E-state index in [0.717, 1.165) is 36.8 Å². The number of rotatable bonds is 5. The summed E-state index contributed by atoms with van der Waals surface area (Å²) in [6, 6.07) is 16.3. The highest BCUT2D eigenvalue weighted by Crippen LogP contribution is 2.34. The van der Waals surface area contributed by atoms with E-state index in [1.54, 1.807) is 0 Å². The van der Waals surface area contributed by atoms with Crippen molar-refractivity contribution in [1.29, 1.82) is 0 Å². The van der Waals surface area contributed by atoms with Gasteiger partial charge in [-0.2, -0.15) is 0 Å². The van der Waals surface area contributed by atoms with Crippen LogP contribution in [0.1, 0.15) is 55.8 Å². The molecule has 2 unspecified atom stereocenters. The van der Waals surface area contributed by atoms with E-state index >= 15 is 0 Å². The Kier molecular flexibility index (Phi) is 5.14. The Balaban J connectivity index is 1.34. The molecular formula is C22H26N2O3. The van der Waals surface area contributed by atoms with E-state index in [1.165, 1.54) is 5.56 Å². The van der Waals surface area contributed by atoms with Crippen LogP contribution in [0.15, 0.2) is 57.7 Å². The number of benzene rings is 2. The van der Waals surface area contributed by atoms with Crippen molar-refractivity contribution >= 4 is 11.1 Å². The molecule has 4 rings (SSSR count). The quantitative estimate of drug-likeness (QED) is 0.641. The van der Waals surface area contributed by atoms with E-state index in [-0.39, 0.29) is 6.04 Å². The van der Waals surface area contributed by atoms with E-state index in [9.17, 15) is 9.90 Å². The first kappa shape index (κ1) is 18.0. The van der Waals surface area contributed by atoms with Gasteiger partial charge in [-0.3, -0.25) is 4.98 Å². The Labute approximate surface area is 158 Å². The van der Waals surface area contributed by atoms with Gasteiger partial charge in [0, 0.05) is 12.1 Å². The van der Waals surface area contributed by atoms with E-state index in [2.05, 4.69) is 16.4 Å². The van der Waals surface area contributed by atoms with Crippen LogP contribution >= 0.6 is 0 Å². The lowest BCUT2D eigenvalue weighted by molar-refractivity contribution is 0.124. The number of H-pyrrole nitrogens is 1. The van der Waals surface area contributed by atoms with Gasteiger partial charge in [-0.25, -0.2) is 4.79 Å². The Morgan fingerprint density at radius 2 is 1.85 bits per heavy atom. The summed E-state index contributed by atoms with van der Waals surface area (Å²) in [5.41, 5.74) is 3.58. The maximum atomic E-state index is 11.3. The summed E-state index contributed by atoms with van der Waals surface area (Å²) in [7, 11) is 0. The van der Waals surface area contributed by atoms with Gasteiger partial charge >= 0.3 is 5.76 Å². The van der Waals surface area contributed by atoms with E-state index in [4.69, 9.17) is 4.42 Å². The minimum Gasteiger partial charge on any atom is -0.408 e. The fourth-order valence-electron chi connectivity index (χ4n) is 4.21. The number of fused-ring (bicyclic) bond motifs is 1. The van der Waals surface area contributed by atoms with Crippen LogP contribution in [0.5, 0.6) is 0 Å². The third kappa shape index (κ3) is 3.99. The largest absolute Gasteiger partial charge is 0.417 e. The van der Waals surface area contributed by atoms with Crippen molar-refractivity contribution in [2.45, 2.75) is 56.7 Å². The van der Waals surface area contributed by atoms with Crippen LogP contribution in [-0.2, 0) is 0 Å². The summed E-state index contributed by atoms with van der Waals surface area (Å²) in [4.78, 5) is 14.0. The summed E-state index contributed by atoms with van der Waals surface area (Å²) in [6.07, 6.45) is 3.83. The zero-order valence-corrected chi connectivity index (χ0v) is 15.5. The van der Waals surface area contributed by atoms with Gasteiger partial charge in [-0.05, 0) is 61.8 Å². The van der Waals surface area contributed by atoms with Gasteiger partial charge in [-0.15, -0.1) is 0 Å². The lowest BCUT2D eigenvalue weighted by Gasteiger charge is -2.33. The highest BCUT2D eigenvalue weighted by Gasteiger charge is 2.26. The fraction of sp³-hybridized carbons (Fsp3) is 0.409. The van der Waals surface area contributed by atoms with Crippen LogP contribution in [-0.4, -0.2) is 22.2 Å². The van der Waals surface area contributed by atoms with Crippen LogP contribution in [0.4, 0.5) is 0 Å². The van der Waals surface area contributed by atoms with Crippen molar-refractivity contribution < 1.29 is 9.52 Å². The van der Waals surface area contributed by atoms with Gasteiger partial charge in [0.05, 0.1) is 11.6 Å². The molecule has 1 aliphatic rings. The van der Waals surface area contributed by atoms with Crippen molar-refractivity contribution in [3.63, 3.8) is 0 Å². The molecule has 1 aliphatic carbocycles. The van der Waals surface area contributed by atoms with Gasteiger partial charge in [0.25, 0.3) is 0 Å². The first-order chi connectivity index (χ1) is 13.1.